The fraction of sp³-hybridized carbons (Fsp3) is 0.471. The highest BCUT2D eigenvalue weighted by Gasteiger charge is 2.23. The molecule has 0 bridgehead atoms. The number of hydrogen-bond acceptors (Lipinski definition) is 2. The molecule has 1 N–H and O–H groups in total. The van der Waals surface area contributed by atoms with Gasteiger partial charge in [-0.3, -0.25) is 4.98 Å². The summed E-state index contributed by atoms with van der Waals surface area (Å²) in [6.07, 6.45) is 8.57. The Morgan fingerprint density at radius 3 is 2.95 bits per heavy atom. The molecule has 1 aromatic heterocycles. The van der Waals surface area contributed by atoms with Crippen molar-refractivity contribution < 1.29 is 0 Å². The van der Waals surface area contributed by atoms with Crippen LogP contribution in [0.15, 0.2) is 36.5 Å². The third-order valence-electron chi connectivity index (χ3n) is 4.42. The zero-order valence-electron chi connectivity index (χ0n) is 11.6. The van der Waals surface area contributed by atoms with Crippen LogP contribution >= 0.6 is 0 Å². The maximum absolute atomic E-state index is 4.43. The predicted octanol–water partition coefficient (Wildman–Crippen LogP) is 4.62. The number of aromatic nitrogens is 1. The van der Waals surface area contributed by atoms with E-state index in [0.717, 1.165) is 11.4 Å². The highest BCUT2D eigenvalue weighted by molar-refractivity contribution is 5.91. The molecule has 2 unspecified atom stereocenters. The van der Waals surface area contributed by atoms with Crippen molar-refractivity contribution in [2.24, 2.45) is 5.92 Å². The van der Waals surface area contributed by atoms with Crippen molar-refractivity contribution in [1.29, 1.82) is 0 Å². The SMILES string of the molecule is CCC1CCCCC1Nc1cccc2ncccc12. The number of fused-ring (bicyclic) bond motifs is 1. The van der Waals surface area contributed by atoms with Gasteiger partial charge in [-0.25, -0.2) is 0 Å². The number of pyridine rings is 1. The molecule has 0 spiro atoms. The molecule has 1 aliphatic carbocycles. The number of anilines is 1. The lowest BCUT2D eigenvalue weighted by molar-refractivity contribution is 0.317. The molecule has 2 heteroatoms. The number of nitrogens with one attached hydrogen (secondary N) is 1. The Bertz CT molecular complexity index is 544. The molecule has 2 aromatic rings. The van der Waals surface area contributed by atoms with Crippen molar-refractivity contribution >= 4 is 16.6 Å². The molecule has 1 saturated carbocycles. The van der Waals surface area contributed by atoms with E-state index in [9.17, 15) is 0 Å². The summed E-state index contributed by atoms with van der Waals surface area (Å²) >= 11 is 0. The maximum Gasteiger partial charge on any atom is 0.0722 e. The molecule has 0 saturated heterocycles. The van der Waals surface area contributed by atoms with E-state index in [2.05, 4.69) is 41.5 Å². The zero-order valence-corrected chi connectivity index (χ0v) is 11.6. The third kappa shape index (κ3) is 2.58. The molecule has 1 aromatic carbocycles. The van der Waals surface area contributed by atoms with Crippen LogP contribution in [0.5, 0.6) is 0 Å². The summed E-state index contributed by atoms with van der Waals surface area (Å²) < 4.78 is 0. The highest BCUT2D eigenvalue weighted by Crippen LogP contribution is 2.31. The van der Waals surface area contributed by atoms with Crippen LogP contribution in [0.1, 0.15) is 39.0 Å². The molecule has 1 fully saturated rings. The Hall–Kier alpha value is -1.57. The van der Waals surface area contributed by atoms with E-state index in [1.54, 1.807) is 0 Å². The van der Waals surface area contributed by atoms with E-state index in [1.807, 2.05) is 12.3 Å². The molecule has 2 atom stereocenters. The minimum absolute atomic E-state index is 0.629. The van der Waals surface area contributed by atoms with Gasteiger partial charge in [0.1, 0.15) is 0 Å². The van der Waals surface area contributed by atoms with Crippen molar-refractivity contribution in [2.45, 2.75) is 45.1 Å². The van der Waals surface area contributed by atoms with Gasteiger partial charge in [-0.2, -0.15) is 0 Å². The van der Waals surface area contributed by atoms with Gasteiger partial charge in [0.05, 0.1) is 5.52 Å². The summed E-state index contributed by atoms with van der Waals surface area (Å²) in [6, 6.07) is 11.2. The summed E-state index contributed by atoms with van der Waals surface area (Å²) in [5.41, 5.74) is 2.33. The topological polar surface area (TPSA) is 24.9 Å². The van der Waals surface area contributed by atoms with Gasteiger partial charge in [-0.05, 0) is 43.0 Å². The van der Waals surface area contributed by atoms with Crippen LogP contribution in [0.3, 0.4) is 0 Å². The lowest BCUT2D eigenvalue weighted by Crippen LogP contribution is -2.31. The summed E-state index contributed by atoms with van der Waals surface area (Å²) in [6.45, 7) is 2.31. The second-order valence-corrected chi connectivity index (χ2v) is 5.58. The standard InChI is InChI=1S/C17H22N2/c1-2-13-7-3-4-9-15(13)19-17-11-5-10-16-14(17)8-6-12-18-16/h5-6,8,10-13,15,19H,2-4,7,9H2,1H3. The van der Waals surface area contributed by atoms with E-state index < -0.39 is 0 Å². The molecule has 100 valence electrons. The van der Waals surface area contributed by atoms with Crippen molar-refractivity contribution in [2.75, 3.05) is 5.32 Å². The van der Waals surface area contributed by atoms with Gasteiger partial charge < -0.3 is 5.32 Å². The van der Waals surface area contributed by atoms with Crippen LogP contribution in [-0.4, -0.2) is 11.0 Å². The van der Waals surface area contributed by atoms with E-state index >= 15 is 0 Å². The van der Waals surface area contributed by atoms with E-state index in [-0.39, 0.29) is 0 Å². The smallest absolute Gasteiger partial charge is 0.0722 e. The normalized spacial score (nSPS) is 23.4. The first kappa shape index (κ1) is 12.5. The molecule has 1 aliphatic rings. The molecule has 1 heterocycles. The average Bonchev–Trinajstić information content (AvgIpc) is 2.48. The van der Waals surface area contributed by atoms with E-state index in [1.165, 1.54) is 43.2 Å². The van der Waals surface area contributed by atoms with Gasteiger partial charge >= 0.3 is 0 Å². The first-order chi connectivity index (χ1) is 9.38. The van der Waals surface area contributed by atoms with Crippen molar-refractivity contribution in [3.63, 3.8) is 0 Å². The Kier molecular flexibility index (Phi) is 3.67. The number of benzene rings is 1. The molecule has 19 heavy (non-hydrogen) atoms. The van der Waals surface area contributed by atoms with Crippen LogP contribution in [0.25, 0.3) is 10.9 Å². The van der Waals surface area contributed by atoms with Gasteiger partial charge in [-0.15, -0.1) is 0 Å². The Labute approximate surface area is 115 Å². The second-order valence-electron chi connectivity index (χ2n) is 5.58. The van der Waals surface area contributed by atoms with Crippen LogP contribution in [-0.2, 0) is 0 Å². The van der Waals surface area contributed by atoms with Crippen LogP contribution in [0.4, 0.5) is 5.69 Å². The molecular formula is C17H22N2. The molecule has 2 nitrogen and oxygen atoms in total. The Morgan fingerprint density at radius 2 is 2.05 bits per heavy atom. The molecule has 0 radical (unpaired) electrons. The maximum atomic E-state index is 4.43. The minimum atomic E-state index is 0.629. The molecule has 0 aliphatic heterocycles. The fourth-order valence-corrected chi connectivity index (χ4v) is 3.32. The molecular weight excluding hydrogens is 232 g/mol. The van der Waals surface area contributed by atoms with E-state index in [4.69, 9.17) is 0 Å². The fourth-order valence-electron chi connectivity index (χ4n) is 3.32. The summed E-state index contributed by atoms with van der Waals surface area (Å²) in [7, 11) is 0. The summed E-state index contributed by atoms with van der Waals surface area (Å²) in [5.74, 6) is 0.820. The minimum Gasteiger partial charge on any atom is -0.381 e. The number of nitrogens with zero attached hydrogens (tertiary/aromatic N) is 1. The van der Waals surface area contributed by atoms with Crippen molar-refractivity contribution in [3.8, 4) is 0 Å². The lowest BCUT2D eigenvalue weighted by Gasteiger charge is -2.32. The van der Waals surface area contributed by atoms with Gasteiger partial charge in [0.25, 0.3) is 0 Å². The molecule has 3 rings (SSSR count). The van der Waals surface area contributed by atoms with E-state index in [0.29, 0.717) is 6.04 Å². The largest absolute Gasteiger partial charge is 0.381 e. The monoisotopic (exact) mass is 254 g/mol. The summed E-state index contributed by atoms with van der Waals surface area (Å²) in [5, 5.41) is 5.03. The van der Waals surface area contributed by atoms with Crippen molar-refractivity contribution in [3.05, 3.63) is 36.5 Å². The van der Waals surface area contributed by atoms with Gasteiger partial charge in [0.2, 0.25) is 0 Å². The van der Waals surface area contributed by atoms with Crippen LogP contribution < -0.4 is 5.32 Å². The van der Waals surface area contributed by atoms with Gasteiger partial charge in [-0.1, -0.05) is 32.3 Å². The quantitative estimate of drug-likeness (QED) is 0.864. The summed E-state index contributed by atoms with van der Waals surface area (Å²) in [4.78, 5) is 4.43. The zero-order chi connectivity index (χ0) is 13.1. The average molecular weight is 254 g/mol. The second kappa shape index (κ2) is 5.60. The third-order valence-corrected chi connectivity index (χ3v) is 4.42. The highest BCUT2D eigenvalue weighted by atomic mass is 14.9. The predicted molar refractivity (Wildman–Crippen MR) is 81.4 cm³/mol. The number of hydrogen-bond donors (Lipinski definition) is 1. The Morgan fingerprint density at radius 1 is 1.16 bits per heavy atom. The number of rotatable bonds is 3. The van der Waals surface area contributed by atoms with Crippen LogP contribution in [0.2, 0.25) is 0 Å². The molecule has 0 amide bonds. The first-order valence-corrected chi connectivity index (χ1v) is 7.49. The Balaban J connectivity index is 1.88. The van der Waals surface area contributed by atoms with Crippen LogP contribution in [0, 0.1) is 5.92 Å². The van der Waals surface area contributed by atoms with Crippen molar-refractivity contribution in [1.82, 2.24) is 4.98 Å². The first-order valence-electron chi connectivity index (χ1n) is 7.49. The van der Waals surface area contributed by atoms with Gasteiger partial charge in [0, 0.05) is 23.3 Å². The van der Waals surface area contributed by atoms with Gasteiger partial charge in [0.15, 0.2) is 0 Å². The lowest BCUT2D eigenvalue weighted by atomic mass is 9.82.